The molecule has 2 aromatic heterocycles. The SMILES string of the molecule is C[C@@H](Sc1nnc(NCc2ccco2)s1)C(=O)Nc1cccc(C#N)c1. The van der Waals surface area contributed by atoms with Crippen molar-refractivity contribution in [2.24, 2.45) is 0 Å². The van der Waals surface area contributed by atoms with Crippen molar-refractivity contribution < 1.29 is 9.21 Å². The van der Waals surface area contributed by atoms with Crippen LogP contribution in [0.15, 0.2) is 51.4 Å². The second-order valence-electron chi connectivity index (χ2n) is 5.25. The number of nitrogens with one attached hydrogen (secondary N) is 2. The number of thioether (sulfide) groups is 1. The molecule has 0 unspecified atom stereocenters. The number of furan rings is 1. The molecule has 1 aromatic carbocycles. The van der Waals surface area contributed by atoms with Crippen LogP contribution in [-0.2, 0) is 11.3 Å². The van der Waals surface area contributed by atoms with Gasteiger partial charge in [0.25, 0.3) is 0 Å². The van der Waals surface area contributed by atoms with E-state index in [1.54, 1.807) is 37.5 Å². The number of benzene rings is 1. The van der Waals surface area contributed by atoms with Gasteiger partial charge in [-0.1, -0.05) is 29.2 Å². The lowest BCUT2D eigenvalue weighted by Crippen LogP contribution is -2.22. The van der Waals surface area contributed by atoms with Crippen LogP contribution in [-0.4, -0.2) is 21.4 Å². The summed E-state index contributed by atoms with van der Waals surface area (Å²) >= 11 is 2.71. The standard InChI is InChI=1S/C17H15N5O2S2/c1-11(15(23)20-13-5-2-4-12(8-13)9-18)25-17-22-21-16(26-17)19-10-14-6-3-7-24-14/h2-8,11H,10H2,1H3,(H,19,21)(H,20,23)/t11-/m1/s1. The molecule has 132 valence electrons. The summed E-state index contributed by atoms with van der Waals surface area (Å²) in [5, 5.41) is 23.3. The van der Waals surface area contributed by atoms with Gasteiger partial charge in [0.05, 0.1) is 29.7 Å². The molecule has 26 heavy (non-hydrogen) atoms. The largest absolute Gasteiger partial charge is 0.467 e. The Bertz CT molecular complexity index is 917. The van der Waals surface area contributed by atoms with E-state index in [-0.39, 0.29) is 11.2 Å². The van der Waals surface area contributed by atoms with Crippen molar-refractivity contribution in [3.05, 3.63) is 54.0 Å². The summed E-state index contributed by atoms with van der Waals surface area (Å²) in [6.45, 7) is 2.32. The van der Waals surface area contributed by atoms with E-state index in [1.165, 1.54) is 23.1 Å². The summed E-state index contributed by atoms with van der Waals surface area (Å²) in [5.41, 5.74) is 1.10. The van der Waals surface area contributed by atoms with Crippen LogP contribution in [0.3, 0.4) is 0 Å². The summed E-state index contributed by atoms with van der Waals surface area (Å²) in [5.74, 6) is 0.645. The number of carbonyl (C=O) groups excluding carboxylic acids is 1. The maximum absolute atomic E-state index is 12.3. The lowest BCUT2D eigenvalue weighted by molar-refractivity contribution is -0.115. The zero-order chi connectivity index (χ0) is 18.4. The van der Waals surface area contributed by atoms with Gasteiger partial charge in [0.1, 0.15) is 5.76 Å². The fourth-order valence-electron chi connectivity index (χ4n) is 2.02. The molecule has 0 radical (unpaired) electrons. The molecule has 0 bridgehead atoms. The first-order valence-electron chi connectivity index (χ1n) is 7.71. The molecule has 9 heteroatoms. The van der Waals surface area contributed by atoms with E-state index in [1.807, 2.05) is 18.2 Å². The van der Waals surface area contributed by atoms with Crippen LogP contribution in [0.4, 0.5) is 10.8 Å². The van der Waals surface area contributed by atoms with E-state index in [2.05, 4.69) is 20.8 Å². The van der Waals surface area contributed by atoms with E-state index in [9.17, 15) is 4.79 Å². The predicted molar refractivity (Wildman–Crippen MR) is 101 cm³/mol. The Balaban J connectivity index is 1.53. The zero-order valence-electron chi connectivity index (χ0n) is 13.8. The van der Waals surface area contributed by atoms with Crippen molar-refractivity contribution in [2.45, 2.75) is 23.1 Å². The maximum Gasteiger partial charge on any atom is 0.237 e. The van der Waals surface area contributed by atoms with Gasteiger partial charge in [-0.15, -0.1) is 10.2 Å². The number of carbonyl (C=O) groups is 1. The molecule has 3 aromatic rings. The van der Waals surface area contributed by atoms with Crippen LogP contribution in [0.25, 0.3) is 0 Å². The molecule has 0 aliphatic rings. The summed E-state index contributed by atoms with van der Waals surface area (Å²) in [7, 11) is 0. The van der Waals surface area contributed by atoms with Crippen LogP contribution in [0.5, 0.6) is 0 Å². The number of hydrogen-bond donors (Lipinski definition) is 2. The molecule has 0 saturated carbocycles. The van der Waals surface area contributed by atoms with Crippen molar-refractivity contribution >= 4 is 39.8 Å². The molecule has 0 saturated heterocycles. The average molecular weight is 385 g/mol. The molecule has 0 spiro atoms. The molecule has 3 rings (SSSR count). The van der Waals surface area contributed by atoms with Gasteiger partial charge >= 0.3 is 0 Å². The Labute approximate surface area is 158 Å². The Morgan fingerprint density at radius 3 is 3.04 bits per heavy atom. The summed E-state index contributed by atoms with van der Waals surface area (Å²) < 4.78 is 5.94. The normalized spacial score (nSPS) is 11.5. The van der Waals surface area contributed by atoms with Crippen LogP contribution in [0.1, 0.15) is 18.2 Å². The van der Waals surface area contributed by atoms with E-state index >= 15 is 0 Å². The third kappa shape index (κ3) is 4.84. The Hall–Kier alpha value is -2.83. The second kappa shape index (κ2) is 8.51. The molecular weight excluding hydrogens is 370 g/mol. The fourth-order valence-corrected chi connectivity index (χ4v) is 3.91. The van der Waals surface area contributed by atoms with Crippen LogP contribution in [0.2, 0.25) is 0 Å². The number of anilines is 2. The van der Waals surface area contributed by atoms with E-state index < -0.39 is 0 Å². The molecule has 0 aliphatic heterocycles. The number of aromatic nitrogens is 2. The minimum atomic E-state index is -0.355. The number of hydrogen-bond acceptors (Lipinski definition) is 8. The Kier molecular flexibility index (Phi) is 5.88. The van der Waals surface area contributed by atoms with E-state index in [0.29, 0.717) is 27.3 Å². The molecule has 2 N–H and O–H groups in total. The van der Waals surface area contributed by atoms with Crippen molar-refractivity contribution in [3.63, 3.8) is 0 Å². The number of rotatable bonds is 7. The monoisotopic (exact) mass is 385 g/mol. The van der Waals surface area contributed by atoms with Gasteiger partial charge in [-0.25, -0.2) is 0 Å². The summed E-state index contributed by atoms with van der Waals surface area (Å²) in [6, 6.07) is 12.5. The third-order valence-electron chi connectivity index (χ3n) is 3.31. The van der Waals surface area contributed by atoms with Gasteiger partial charge in [0, 0.05) is 5.69 Å². The minimum absolute atomic E-state index is 0.162. The highest BCUT2D eigenvalue weighted by Gasteiger charge is 2.17. The van der Waals surface area contributed by atoms with Gasteiger partial charge in [-0.3, -0.25) is 4.79 Å². The topological polar surface area (TPSA) is 104 Å². The van der Waals surface area contributed by atoms with Crippen molar-refractivity contribution in [1.82, 2.24) is 10.2 Å². The quantitative estimate of drug-likeness (QED) is 0.597. The highest BCUT2D eigenvalue weighted by Crippen LogP contribution is 2.29. The lowest BCUT2D eigenvalue weighted by atomic mass is 10.2. The minimum Gasteiger partial charge on any atom is -0.467 e. The van der Waals surface area contributed by atoms with Crippen LogP contribution < -0.4 is 10.6 Å². The van der Waals surface area contributed by atoms with Gasteiger partial charge in [0.2, 0.25) is 11.0 Å². The van der Waals surface area contributed by atoms with Crippen molar-refractivity contribution in [3.8, 4) is 6.07 Å². The molecule has 2 heterocycles. The fraction of sp³-hybridized carbons (Fsp3) is 0.176. The van der Waals surface area contributed by atoms with Crippen molar-refractivity contribution in [2.75, 3.05) is 10.6 Å². The van der Waals surface area contributed by atoms with Crippen LogP contribution >= 0.6 is 23.1 Å². The molecule has 1 atom stereocenters. The Morgan fingerprint density at radius 2 is 2.27 bits per heavy atom. The number of amides is 1. The predicted octanol–water partition coefficient (Wildman–Crippen LogP) is 3.73. The number of nitrogens with zero attached hydrogens (tertiary/aromatic N) is 3. The van der Waals surface area contributed by atoms with Gasteiger partial charge < -0.3 is 15.1 Å². The molecule has 7 nitrogen and oxygen atoms in total. The summed E-state index contributed by atoms with van der Waals surface area (Å²) in [6.07, 6.45) is 1.62. The Morgan fingerprint density at radius 1 is 1.38 bits per heavy atom. The van der Waals surface area contributed by atoms with Gasteiger partial charge in [0.15, 0.2) is 4.34 Å². The first-order valence-corrected chi connectivity index (χ1v) is 9.41. The van der Waals surface area contributed by atoms with Crippen molar-refractivity contribution in [1.29, 1.82) is 5.26 Å². The summed E-state index contributed by atoms with van der Waals surface area (Å²) in [4.78, 5) is 12.3. The molecule has 0 aliphatic carbocycles. The van der Waals surface area contributed by atoms with Crippen LogP contribution in [0, 0.1) is 11.3 Å². The zero-order valence-corrected chi connectivity index (χ0v) is 15.4. The molecular formula is C17H15N5O2S2. The van der Waals surface area contributed by atoms with Gasteiger partial charge in [-0.05, 0) is 37.3 Å². The number of nitriles is 1. The second-order valence-corrected chi connectivity index (χ2v) is 7.81. The smallest absolute Gasteiger partial charge is 0.237 e. The van der Waals surface area contributed by atoms with E-state index in [4.69, 9.17) is 9.68 Å². The first-order chi connectivity index (χ1) is 12.6. The van der Waals surface area contributed by atoms with Gasteiger partial charge in [-0.2, -0.15) is 5.26 Å². The maximum atomic E-state index is 12.3. The third-order valence-corrected chi connectivity index (χ3v) is 5.37. The average Bonchev–Trinajstić information content (AvgIpc) is 3.31. The molecule has 1 amide bonds. The highest BCUT2D eigenvalue weighted by molar-refractivity contribution is 8.02. The first kappa shape index (κ1) is 18.0. The van der Waals surface area contributed by atoms with E-state index in [0.717, 1.165) is 5.76 Å². The highest BCUT2D eigenvalue weighted by atomic mass is 32.2. The lowest BCUT2D eigenvalue weighted by Gasteiger charge is -2.10. The molecule has 0 fully saturated rings.